The molecule has 1 aromatic carbocycles. The normalized spacial score (nSPS) is 12.8. The number of carbonyl (C=O) groups is 3. The van der Waals surface area contributed by atoms with Gasteiger partial charge in [0.25, 0.3) is 0 Å². The standard InChI is InChI=1S/C16H20FN3O3/c1-3-4-13(15(18)22)20-16(23)14(19-10(2)21)9-11-5-7-12(17)8-6-11/h3,5-8,13-14H,1,4,9H2,2H3,(H2,18,22)(H,19,21)(H,20,23)/t13-,14-/m0/s1. The molecule has 3 amide bonds. The minimum Gasteiger partial charge on any atom is -0.368 e. The average Bonchev–Trinajstić information content (AvgIpc) is 2.47. The SMILES string of the molecule is C=CC[C@H](NC(=O)[C@H](Cc1ccc(F)cc1)NC(C)=O)C(N)=O. The smallest absolute Gasteiger partial charge is 0.243 e. The fourth-order valence-electron chi connectivity index (χ4n) is 2.00. The van der Waals surface area contributed by atoms with E-state index in [9.17, 15) is 18.8 Å². The van der Waals surface area contributed by atoms with E-state index in [2.05, 4.69) is 17.2 Å². The maximum Gasteiger partial charge on any atom is 0.243 e. The Balaban J connectivity index is 2.84. The summed E-state index contributed by atoms with van der Waals surface area (Å²) in [6, 6.07) is 3.78. The second kappa shape index (κ2) is 8.67. The van der Waals surface area contributed by atoms with Crippen molar-refractivity contribution in [2.45, 2.75) is 31.8 Å². The van der Waals surface area contributed by atoms with Crippen LogP contribution in [-0.2, 0) is 20.8 Å². The van der Waals surface area contributed by atoms with Crippen LogP contribution in [0.15, 0.2) is 36.9 Å². The largest absolute Gasteiger partial charge is 0.368 e. The van der Waals surface area contributed by atoms with Crippen LogP contribution in [0.4, 0.5) is 4.39 Å². The molecule has 1 rings (SSSR count). The van der Waals surface area contributed by atoms with Crippen molar-refractivity contribution in [2.24, 2.45) is 5.73 Å². The molecule has 0 spiro atoms. The number of nitrogens with two attached hydrogens (primary N) is 1. The first kappa shape index (κ1) is 18.3. The lowest BCUT2D eigenvalue weighted by Crippen LogP contribution is -2.53. The van der Waals surface area contributed by atoms with E-state index in [0.717, 1.165) is 0 Å². The number of hydrogen-bond acceptors (Lipinski definition) is 3. The zero-order valence-corrected chi connectivity index (χ0v) is 12.8. The molecule has 0 fully saturated rings. The quantitative estimate of drug-likeness (QED) is 0.605. The van der Waals surface area contributed by atoms with Gasteiger partial charge in [-0.15, -0.1) is 6.58 Å². The molecule has 0 heterocycles. The van der Waals surface area contributed by atoms with E-state index in [1.165, 1.54) is 37.3 Å². The second-order valence-corrected chi connectivity index (χ2v) is 5.07. The maximum atomic E-state index is 12.9. The monoisotopic (exact) mass is 321 g/mol. The van der Waals surface area contributed by atoms with Gasteiger partial charge in [-0.2, -0.15) is 0 Å². The van der Waals surface area contributed by atoms with Crippen LogP contribution in [0.2, 0.25) is 0 Å². The summed E-state index contributed by atoms with van der Waals surface area (Å²) >= 11 is 0. The Bertz CT molecular complexity index is 587. The lowest BCUT2D eigenvalue weighted by Gasteiger charge is -2.21. The third kappa shape index (κ3) is 6.29. The van der Waals surface area contributed by atoms with Crippen LogP contribution in [0.1, 0.15) is 18.9 Å². The summed E-state index contributed by atoms with van der Waals surface area (Å²) < 4.78 is 12.9. The van der Waals surface area contributed by atoms with E-state index in [1.807, 2.05) is 0 Å². The summed E-state index contributed by atoms with van der Waals surface area (Å²) in [5, 5.41) is 4.99. The molecule has 23 heavy (non-hydrogen) atoms. The van der Waals surface area contributed by atoms with Crippen molar-refractivity contribution in [2.75, 3.05) is 0 Å². The molecule has 2 atom stereocenters. The first-order chi connectivity index (χ1) is 10.8. The number of nitrogens with one attached hydrogen (secondary N) is 2. The van der Waals surface area contributed by atoms with E-state index in [0.29, 0.717) is 5.56 Å². The third-order valence-electron chi connectivity index (χ3n) is 3.11. The van der Waals surface area contributed by atoms with Crippen LogP contribution in [0.3, 0.4) is 0 Å². The van der Waals surface area contributed by atoms with Gasteiger partial charge >= 0.3 is 0 Å². The topological polar surface area (TPSA) is 101 Å². The van der Waals surface area contributed by atoms with E-state index < -0.39 is 35.6 Å². The van der Waals surface area contributed by atoms with Crippen molar-refractivity contribution in [3.8, 4) is 0 Å². The van der Waals surface area contributed by atoms with Crippen molar-refractivity contribution in [1.29, 1.82) is 0 Å². The van der Waals surface area contributed by atoms with Crippen molar-refractivity contribution >= 4 is 17.7 Å². The molecule has 4 N–H and O–H groups in total. The summed E-state index contributed by atoms with van der Waals surface area (Å²) in [5.41, 5.74) is 5.88. The van der Waals surface area contributed by atoms with Gasteiger partial charge in [0.2, 0.25) is 17.7 Å². The van der Waals surface area contributed by atoms with Crippen molar-refractivity contribution in [1.82, 2.24) is 10.6 Å². The summed E-state index contributed by atoms with van der Waals surface area (Å²) in [5.74, 6) is -2.03. The van der Waals surface area contributed by atoms with Gasteiger partial charge in [-0.25, -0.2) is 4.39 Å². The molecule has 0 bridgehead atoms. The van der Waals surface area contributed by atoms with E-state index in [4.69, 9.17) is 5.73 Å². The first-order valence-corrected chi connectivity index (χ1v) is 7.05. The van der Waals surface area contributed by atoms with Crippen LogP contribution in [-0.4, -0.2) is 29.8 Å². The molecule has 0 aliphatic heterocycles. The molecular formula is C16H20FN3O3. The number of carbonyl (C=O) groups excluding carboxylic acids is 3. The summed E-state index contributed by atoms with van der Waals surface area (Å²) in [7, 11) is 0. The molecule has 0 saturated heterocycles. The molecule has 0 saturated carbocycles. The number of halogens is 1. The highest BCUT2D eigenvalue weighted by molar-refractivity contribution is 5.91. The molecule has 124 valence electrons. The molecule has 6 nitrogen and oxygen atoms in total. The Hall–Kier alpha value is -2.70. The van der Waals surface area contributed by atoms with E-state index >= 15 is 0 Å². The van der Waals surface area contributed by atoms with Crippen LogP contribution in [0.5, 0.6) is 0 Å². The van der Waals surface area contributed by atoms with E-state index in [1.54, 1.807) is 0 Å². The highest BCUT2D eigenvalue weighted by Gasteiger charge is 2.24. The summed E-state index contributed by atoms with van der Waals surface area (Å²) in [4.78, 5) is 34.9. The zero-order chi connectivity index (χ0) is 17.4. The minimum absolute atomic E-state index is 0.158. The van der Waals surface area contributed by atoms with Gasteiger partial charge < -0.3 is 16.4 Å². The Morgan fingerprint density at radius 2 is 1.83 bits per heavy atom. The van der Waals surface area contributed by atoms with Crippen molar-refractivity contribution < 1.29 is 18.8 Å². The van der Waals surface area contributed by atoms with Gasteiger partial charge in [0.15, 0.2) is 0 Å². The number of rotatable bonds is 8. The second-order valence-electron chi connectivity index (χ2n) is 5.07. The fourth-order valence-corrected chi connectivity index (χ4v) is 2.00. The Morgan fingerprint density at radius 1 is 1.22 bits per heavy atom. The van der Waals surface area contributed by atoms with Gasteiger partial charge in [-0.05, 0) is 24.1 Å². The van der Waals surface area contributed by atoms with Gasteiger partial charge in [-0.1, -0.05) is 18.2 Å². The predicted molar refractivity (Wildman–Crippen MR) is 83.6 cm³/mol. The molecule has 0 radical (unpaired) electrons. The lowest BCUT2D eigenvalue weighted by molar-refractivity contribution is -0.130. The van der Waals surface area contributed by atoms with Gasteiger partial charge in [-0.3, -0.25) is 14.4 Å². The molecule has 0 aliphatic rings. The van der Waals surface area contributed by atoms with Crippen molar-refractivity contribution in [3.05, 3.63) is 48.3 Å². The van der Waals surface area contributed by atoms with Crippen molar-refractivity contribution in [3.63, 3.8) is 0 Å². The van der Waals surface area contributed by atoms with Crippen LogP contribution >= 0.6 is 0 Å². The summed E-state index contributed by atoms with van der Waals surface area (Å²) in [6.07, 6.45) is 1.80. The lowest BCUT2D eigenvalue weighted by atomic mass is 10.0. The molecule has 7 heteroatoms. The van der Waals surface area contributed by atoms with Gasteiger partial charge in [0.1, 0.15) is 17.9 Å². The Kier molecular flexibility index (Phi) is 6.92. The Labute approximate surface area is 133 Å². The third-order valence-corrected chi connectivity index (χ3v) is 3.11. The maximum absolute atomic E-state index is 12.9. The van der Waals surface area contributed by atoms with Crippen LogP contribution in [0, 0.1) is 5.82 Å². The highest BCUT2D eigenvalue weighted by atomic mass is 19.1. The fraction of sp³-hybridized carbons (Fsp3) is 0.312. The number of primary amides is 1. The van der Waals surface area contributed by atoms with Gasteiger partial charge in [0.05, 0.1) is 0 Å². The molecule has 0 aromatic heterocycles. The predicted octanol–water partition coefficient (Wildman–Crippen LogP) is 0.419. The zero-order valence-electron chi connectivity index (χ0n) is 12.8. The highest BCUT2D eigenvalue weighted by Crippen LogP contribution is 2.07. The Morgan fingerprint density at radius 3 is 2.30 bits per heavy atom. The first-order valence-electron chi connectivity index (χ1n) is 7.05. The van der Waals surface area contributed by atoms with Gasteiger partial charge in [0, 0.05) is 13.3 Å². The summed E-state index contributed by atoms with van der Waals surface area (Å²) in [6.45, 7) is 4.77. The number of amides is 3. The number of benzene rings is 1. The minimum atomic E-state index is -0.899. The average molecular weight is 321 g/mol. The molecule has 0 unspecified atom stereocenters. The molecule has 0 aliphatic carbocycles. The molecular weight excluding hydrogens is 301 g/mol. The van der Waals surface area contributed by atoms with E-state index in [-0.39, 0.29) is 12.8 Å². The molecule has 1 aromatic rings. The number of hydrogen-bond donors (Lipinski definition) is 3. The van der Waals surface area contributed by atoms with Crippen LogP contribution < -0.4 is 16.4 Å². The van der Waals surface area contributed by atoms with Crippen LogP contribution in [0.25, 0.3) is 0 Å².